The molecule has 1 fully saturated rings. The molecule has 11 heteroatoms. The second kappa shape index (κ2) is 11.3. The first-order valence-electron chi connectivity index (χ1n) is 9.24. The molecule has 0 radical (unpaired) electrons. The van der Waals surface area contributed by atoms with Crippen LogP contribution < -0.4 is 5.73 Å². The highest BCUT2D eigenvalue weighted by molar-refractivity contribution is 8.01. The Morgan fingerprint density at radius 3 is 3.03 bits per heavy atom. The van der Waals surface area contributed by atoms with Crippen LogP contribution in [-0.4, -0.2) is 64.9 Å². The molecule has 162 valence electrons. The minimum absolute atomic E-state index is 0.0212. The molecule has 1 aromatic heterocycles. The zero-order chi connectivity index (χ0) is 21.5. The number of nitrogens with zero attached hydrogens (tertiary/aromatic N) is 3. The molecule has 2 heterocycles. The summed E-state index contributed by atoms with van der Waals surface area (Å²) in [5.74, 6) is 0.124. The van der Waals surface area contributed by atoms with Crippen LogP contribution in [0.1, 0.15) is 11.3 Å². The van der Waals surface area contributed by atoms with E-state index in [2.05, 4.69) is 14.9 Å². The van der Waals surface area contributed by atoms with Crippen molar-refractivity contribution in [1.29, 1.82) is 0 Å². The van der Waals surface area contributed by atoms with Crippen LogP contribution in [0, 0.1) is 0 Å². The number of morpholine rings is 1. The Bertz CT molecular complexity index is 910. The summed E-state index contributed by atoms with van der Waals surface area (Å²) >= 11 is 14.9. The number of thiazole rings is 1. The van der Waals surface area contributed by atoms with Gasteiger partial charge in [-0.2, -0.15) is 0 Å². The Morgan fingerprint density at radius 1 is 1.43 bits per heavy atom. The highest BCUT2D eigenvalue weighted by Gasteiger charge is 2.20. The van der Waals surface area contributed by atoms with E-state index in [0.717, 1.165) is 29.5 Å². The summed E-state index contributed by atoms with van der Waals surface area (Å²) in [5, 5.41) is 11.7. The van der Waals surface area contributed by atoms with Gasteiger partial charge in [-0.25, -0.2) is 4.98 Å². The lowest BCUT2D eigenvalue weighted by atomic mass is 10.2. The monoisotopic (exact) mass is 488 g/mol. The molecule has 3 rings (SSSR count). The Balaban J connectivity index is 1.44. The molecule has 1 atom stereocenters. The quantitative estimate of drug-likeness (QED) is 0.316. The fourth-order valence-corrected chi connectivity index (χ4v) is 4.92. The standard InChI is InChI=1S/C19H22Cl2N4O3S2/c20-15-2-1-12(5-16(15)21)8-25-3-4-28-14(9-25)7-23-17(22)11-30-19-24-13(10-29-19)6-18(26)27/h1-2,5,10,14H,3-4,6-9,11H2,(H2,22,23)(H,26,27)/t14-/m0/s1. The van der Waals surface area contributed by atoms with E-state index in [1.807, 2.05) is 18.2 Å². The van der Waals surface area contributed by atoms with Crippen molar-refractivity contribution in [3.63, 3.8) is 0 Å². The van der Waals surface area contributed by atoms with Crippen molar-refractivity contribution >= 4 is 58.1 Å². The lowest BCUT2D eigenvalue weighted by molar-refractivity contribution is -0.136. The van der Waals surface area contributed by atoms with E-state index < -0.39 is 5.97 Å². The minimum Gasteiger partial charge on any atom is -0.481 e. The van der Waals surface area contributed by atoms with E-state index in [1.54, 1.807) is 5.38 Å². The number of hydrogen-bond acceptors (Lipinski definition) is 7. The molecule has 0 aliphatic carbocycles. The van der Waals surface area contributed by atoms with Crippen molar-refractivity contribution in [2.45, 2.75) is 23.4 Å². The van der Waals surface area contributed by atoms with Gasteiger partial charge in [-0.05, 0) is 17.7 Å². The SMILES string of the molecule is NC(CSc1nc(CC(=O)O)cs1)=NC[C@H]1CN(Cc2ccc(Cl)c(Cl)c2)CCO1. The topological polar surface area (TPSA) is 101 Å². The van der Waals surface area contributed by atoms with Gasteiger partial charge in [0.25, 0.3) is 0 Å². The molecule has 0 amide bonds. The van der Waals surface area contributed by atoms with Crippen LogP contribution >= 0.6 is 46.3 Å². The molecule has 0 spiro atoms. The third-order valence-corrected chi connectivity index (χ3v) is 7.16. The predicted molar refractivity (Wildman–Crippen MR) is 122 cm³/mol. The molecule has 1 aliphatic heterocycles. The number of rotatable bonds is 9. The van der Waals surface area contributed by atoms with Crippen LogP contribution in [0.15, 0.2) is 32.9 Å². The molecule has 1 saturated heterocycles. The lowest BCUT2D eigenvalue weighted by Crippen LogP contribution is -2.43. The maximum Gasteiger partial charge on any atom is 0.309 e. The number of aromatic nitrogens is 1. The predicted octanol–water partition coefficient (Wildman–Crippen LogP) is 3.43. The third kappa shape index (κ3) is 7.40. The Morgan fingerprint density at radius 2 is 2.27 bits per heavy atom. The van der Waals surface area contributed by atoms with Crippen molar-refractivity contribution in [1.82, 2.24) is 9.88 Å². The van der Waals surface area contributed by atoms with Crippen LogP contribution in [0.2, 0.25) is 10.0 Å². The zero-order valence-electron chi connectivity index (χ0n) is 16.1. The first-order valence-corrected chi connectivity index (χ1v) is 11.9. The number of aliphatic imine (C=N–C) groups is 1. The van der Waals surface area contributed by atoms with Crippen LogP contribution in [-0.2, 0) is 22.5 Å². The van der Waals surface area contributed by atoms with E-state index in [1.165, 1.54) is 23.1 Å². The summed E-state index contributed by atoms with van der Waals surface area (Å²) in [4.78, 5) is 21.8. The normalized spacial score (nSPS) is 17.9. The van der Waals surface area contributed by atoms with Crippen molar-refractivity contribution in [3.8, 4) is 0 Å². The van der Waals surface area contributed by atoms with Crippen molar-refractivity contribution < 1.29 is 14.6 Å². The molecule has 0 saturated carbocycles. The van der Waals surface area contributed by atoms with E-state index >= 15 is 0 Å². The van der Waals surface area contributed by atoms with E-state index in [4.69, 9.17) is 38.8 Å². The van der Waals surface area contributed by atoms with Crippen molar-refractivity contribution in [2.24, 2.45) is 10.7 Å². The lowest BCUT2D eigenvalue weighted by Gasteiger charge is -2.32. The van der Waals surface area contributed by atoms with Gasteiger partial charge in [0.1, 0.15) is 5.84 Å². The van der Waals surface area contributed by atoms with Crippen LogP contribution in [0.5, 0.6) is 0 Å². The highest BCUT2D eigenvalue weighted by Crippen LogP contribution is 2.24. The number of nitrogens with two attached hydrogens (primary N) is 1. The van der Waals surface area contributed by atoms with Gasteiger partial charge in [0.2, 0.25) is 0 Å². The largest absolute Gasteiger partial charge is 0.481 e. The second-order valence-corrected chi connectivity index (χ2v) is 9.67. The molecular weight excluding hydrogens is 467 g/mol. The maximum atomic E-state index is 10.7. The average molecular weight is 489 g/mol. The molecule has 1 aliphatic rings. The highest BCUT2D eigenvalue weighted by atomic mass is 35.5. The fraction of sp³-hybridized carbons (Fsp3) is 0.421. The van der Waals surface area contributed by atoms with Crippen LogP contribution in [0.3, 0.4) is 0 Å². The number of ether oxygens (including phenoxy) is 1. The first kappa shape index (κ1) is 23.3. The molecule has 2 aromatic rings. The second-order valence-electron chi connectivity index (χ2n) is 6.77. The van der Waals surface area contributed by atoms with E-state index in [9.17, 15) is 4.79 Å². The smallest absolute Gasteiger partial charge is 0.309 e. The molecule has 0 bridgehead atoms. The average Bonchev–Trinajstić information content (AvgIpc) is 3.14. The molecule has 3 N–H and O–H groups in total. The first-order chi connectivity index (χ1) is 14.4. The number of halogens is 2. The van der Waals surface area contributed by atoms with Gasteiger partial charge in [0, 0.05) is 25.0 Å². The van der Waals surface area contributed by atoms with Crippen molar-refractivity contribution in [2.75, 3.05) is 32.0 Å². The van der Waals surface area contributed by atoms with E-state index in [-0.39, 0.29) is 12.5 Å². The number of aliphatic carboxylic acids is 1. The molecule has 30 heavy (non-hydrogen) atoms. The van der Waals surface area contributed by atoms with Gasteiger partial charge in [-0.3, -0.25) is 14.7 Å². The summed E-state index contributed by atoms with van der Waals surface area (Å²) in [6.07, 6.45) is -0.0923. The summed E-state index contributed by atoms with van der Waals surface area (Å²) in [5.41, 5.74) is 7.70. The van der Waals surface area contributed by atoms with E-state index in [0.29, 0.717) is 40.5 Å². The zero-order valence-corrected chi connectivity index (χ0v) is 19.2. The van der Waals surface area contributed by atoms with Gasteiger partial charge in [-0.15, -0.1) is 11.3 Å². The van der Waals surface area contributed by atoms with Gasteiger partial charge in [0.05, 0.1) is 47.2 Å². The fourth-order valence-electron chi connectivity index (χ4n) is 2.92. The molecule has 7 nitrogen and oxygen atoms in total. The Labute approximate surface area is 193 Å². The summed E-state index contributed by atoms with van der Waals surface area (Å²) in [6.45, 7) is 3.51. The number of benzene rings is 1. The minimum atomic E-state index is -0.890. The summed E-state index contributed by atoms with van der Waals surface area (Å²) < 4.78 is 6.60. The van der Waals surface area contributed by atoms with Crippen LogP contribution in [0.4, 0.5) is 0 Å². The molecular formula is C19H22Cl2N4O3S2. The van der Waals surface area contributed by atoms with Gasteiger partial charge in [0.15, 0.2) is 4.34 Å². The third-order valence-electron chi connectivity index (χ3n) is 4.32. The number of carbonyl (C=O) groups is 1. The van der Waals surface area contributed by atoms with Gasteiger partial charge < -0.3 is 15.6 Å². The van der Waals surface area contributed by atoms with Crippen LogP contribution in [0.25, 0.3) is 0 Å². The number of amidine groups is 1. The number of hydrogen-bond donors (Lipinski definition) is 2. The van der Waals surface area contributed by atoms with Gasteiger partial charge in [-0.1, -0.05) is 41.0 Å². The maximum absolute atomic E-state index is 10.7. The van der Waals surface area contributed by atoms with Crippen molar-refractivity contribution in [3.05, 3.63) is 44.9 Å². The van der Waals surface area contributed by atoms with Gasteiger partial charge >= 0.3 is 5.97 Å². The summed E-state index contributed by atoms with van der Waals surface area (Å²) in [7, 11) is 0. The Kier molecular flexibility index (Phi) is 8.79. The number of carboxylic acid groups (broad SMARTS) is 1. The number of carboxylic acids is 1. The molecule has 1 aromatic carbocycles. The number of thioether (sulfide) groups is 1. The summed E-state index contributed by atoms with van der Waals surface area (Å²) in [6, 6.07) is 5.68. The molecule has 0 unspecified atom stereocenters. The Hall–Kier alpha value is -1.36.